The number of halogens is 10. The van der Waals surface area contributed by atoms with Crippen molar-refractivity contribution in [3.8, 4) is 0 Å². The van der Waals surface area contributed by atoms with Crippen molar-refractivity contribution in [1.29, 1.82) is 0 Å². The van der Waals surface area contributed by atoms with Gasteiger partial charge in [0.1, 0.15) is 0 Å². The Bertz CT molecular complexity index is 112. The van der Waals surface area contributed by atoms with Crippen LogP contribution in [-0.2, 0) is 28.0 Å². The molecule has 150 valence electrons. The maximum Gasteiger partial charge on any atom is 0.0878 e. The molecule has 0 saturated carbocycles. The summed E-state index contributed by atoms with van der Waals surface area (Å²) in [4.78, 5) is 14.0. The Balaban J connectivity index is -0.0000000146. The van der Waals surface area contributed by atoms with Crippen LogP contribution in [0.2, 0.25) is 0 Å². The smallest absolute Gasteiger partial charge is 0.0878 e. The summed E-state index contributed by atoms with van der Waals surface area (Å²) in [6.45, 7) is 0. The first-order valence-corrected chi connectivity index (χ1v) is 26.5. The molecule has 23 heteroatoms. The summed E-state index contributed by atoms with van der Waals surface area (Å²) in [5.74, 6) is 0. The first-order chi connectivity index (χ1) is 8.97. The Morgan fingerprint density at radius 3 is 0.957 bits per heavy atom. The van der Waals surface area contributed by atoms with E-state index in [0.717, 1.165) is 0 Å². The summed E-state index contributed by atoms with van der Waals surface area (Å²) in [6.07, 6.45) is 0. The molecule has 0 saturated heterocycles. The maximum absolute atomic E-state index is 8.49. The Morgan fingerprint density at radius 1 is 0.957 bits per heavy atom. The molecule has 0 aliphatic rings. The van der Waals surface area contributed by atoms with E-state index in [0.29, 0.717) is 22.7 Å². The van der Waals surface area contributed by atoms with Gasteiger partial charge in [-0.1, -0.05) is 0 Å². The minimum atomic E-state index is -4.94. The van der Waals surface area contributed by atoms with Crippen molar-refractivity contribution in [2.45, 2.75) is 0 Å². The summed E-state index contributed by atoms with van der Waals surface area (Å²) < 4.78 is 75.7. The van der Waals surface area contributed by atoms with Crippen molar-refractivity contribution < 1.29 is 152 Å². The number of hydrogen-bond donors (Lipinski definition) is 0. The normalized spacial score (nSPS) is 6.52. The van der Waals surface area contributed by atoms with Crippen molar-refractivity contribution in [1.82, 2.24) is 0 Å². The van der Waals surface area contributed by atoms with E-state index in [4.69, 9.17) is 51.9 Å². The zero-order chi connectivity index (χ0) is 18.2. The minimum Gasteiger partial charge on any atom is -0.544 e. The van der Waals surface area contributed by atoms with Gasteiger partial charge >= 0.3 is 62.7 Å². The molecule has 0 aromatic rings. The quantitative estimate of drug-likeness (QED) is 0.207. The largest absolute Gasteiger partial charge is 0.544 e. The topological polar surface area (TPSA) is 242 Å². The van der Waals surface area contributed by atoms with Gasteiger partial charge in [0.15, 0.2) is 0 Å². The van der Waals surface area contributed by atoms with Crippen LogP contribution in [0, 0.1) is 42.3 Å². The Kier molecular flexibility index (Phi) is 156. The van der Waals surface area contributed by atoms with Gasteiger partial charge in [0.2, 0.25) is 0 Å². The minimum absolute atomic E-state index is 0. The first-order valence-electron chi connectivity index (χ1n) is 2.18. The van der Waals surface area contributed by atoms with Crippen LogP contribution in [0.5, 0.6) is 0 Å². The van der Waals surface area contributed by atoms with Crippen LogP contribution in [-0.4, -0.2) is 0 Å². The van der Waals surface area contributed by atoms with Gasteiger partial charge in [0.25, 0.3) is 37.2 Å². The molecule has 23 heavy (non-hydrogen) atoms. The van der Waals surface area contributed by atoms with Gasteiger partial charge in [-0.3, -0.25) is 0 Å². The van der Waals surface area contributed by atoms with Gasteiger partial charge in [0, 0.05) is 28.5 Å². The van der Waals surface area contributed by atoms with Crippen LogP contribution < -0.4 is 91.6 Å². The molecule has 0 spiro atoms. The molecule has 0 heterocycles. The zero-order valence-electron chi connectivity index (χ0n) is 9.16. The van der Waals surface area contributed by atoms with Crippen LogP contribution in [0.1, 0.15) is 0 Å². The van der Waals surface area contributed by atoms with E-state index >= 15 is 0 Å². The molecule has 0 aliphatic carbocycles. The SMILES string of the molecule is I[I+]I.O=O.[Cl-].[I-].[I][V][I].[O-][Cl+2]([O-])[O-].[O-][Cl+3]([O-])([O-])[O-].[O-][Cl+][O-].[V]. The molecule has 11 nitrogen and oxygen atoms in total. The second-order valence-electron chi connectivity index (χ2n) is 0.748. The third kappa shape index (κ3) is 532. The van der Waals surface area contributed by atoms with Gasteiger partial charge in [-0.2, -0.15) is 0 Å². The predicted molar refractivity (Wildman–Crippen MR) is 62.8 cm³/mol. The molecule has 0 aromatic heterocycles. The number of hydrogen-bond acceptors (Lipinski definition) is 11. The van der Waals surface area contributed by atoms with Crippen molar-refractivity contribution in [2.24, 2.45) is 0 Å². The van der Waals surface area contributed by atoms with Gasteiger partial charge in [-0.25, -0.2) is 18.6 Å². The molecule has 0 N–H and O–H groups in total. The molecule has 0 fully saturated rings. The second kappa shape index (κ2) is 63.0. The molecule has 0 aromatic carbocycles. The van der Waals surface area contributed by atoms with E-state index in [1.807, 2.05) is 0 Å². The fourth-order valence-electron chi connectivity index (χ4n) is 0. The Labute approximate surface area is 233 Å². The van der Waals surface area contributed by atoms with Gasteiger partial charge in [-0.05, 0) is 0 Å². The standard InChI is InChI=1S/ClHO4.ClO3.ClO2.ClH.I3.3HI.O2.2V/c2-1(3,4)5;2-1(3)4;2-1-3;;1-3-2;;;;1-2;;/h(H,2,3,4,5);;;1H;;3*1H;;;/q;2*-1;;+1;;;;;;+2/p-5. The fraction of sp³-hybridized carbons (Fsp3) is 0. The summed E-state index contributed by atoms with van der Waals surface area (Å²) in [7, 11) is -7.17. The Morgan fingerprint density at radius 2 is 0.957 bits per heavy atom. The van der Waals surface area contributed by atoms with Crippen molar-refractivity contribution in [3.63, 3.8) is 0 Å². The monoisotopic (exact) mass is 1180 g/mol. The van der Waals surface area contributed by atoms with E-state index in [1.54, 1.807) is 0 Å². The molecule has 0 rings (SSSR count). The van der Waals surface area contributed by atoms with Crippen LogP contribution in [0.25, 0.3) is 0 Å². The molecule has 0 bridgehead atoms. The fourth-order valence-corrected chi connectivity index (χ4v) is 0. The summed E-state index contributed by atoms with van der Waals surface area (Å²) >= 11 is 9.62. The predicted octanol–water partition coefficient (Wildman–Crippen LogP) is -16.1. The molecular weight excluding hydrogens is 1180 g/mol. The average Bonchev–Trinajstić information content (AvgIpc) is 2.19. The summed E-state index contributed by atoms with van der Waals surface area (Å²) in [6, 6.07) is 0. The van der Waals surface area contributed by atoms with Gasteiger partial charge in [0.05, 0.1) is 22.1 Å². The van der Waals surface area contributed by atoms with Crippen molar-refractivity contribution in [3.05, 3.63) is 9.93 Å². The first kappa shape index (κ1) is 56.8. The van der Waals surface area contributed by atoms with Gasteiger partial charge in [-0.15, -0.1) is 10.2 Å². The average molecular weight is 1180 g/mol. The Hall–Kier alpha value is 5.95. The van der Waals surface area contributed by atoms with E-state index in [-0.39, 0.29) is 54.9 Å². The van der Waals surface area contributed by atoms with Crippen LogP contribution >= 0.6 is 77.2 Å². The molecule has 0 unspecified atom stereocenters. The van der Waals surface area contributed by atoms with Crippen molar-refractivity contribution >= 4 is 77.2 Å². The molecular formula is Cl4I6O11V2-4. The third-order valence-corrected chi connectivity index (χ3v) is 0. The van der Waals surface area contributed by atoms with E-state index < -0.39 is 32.4 Å². The van der Waals surface area contributed by atoms with Crippen LogP contribution in [0.4, 0.5) is 0 Å². The van der Waals surface area contributed by atoms with Gasteiger partial charge < -0.3 is 59.7 Å². The summed E-state index contributed by atoms with van der Waals surface area (Å²) in [5, 5.41) is 0. The van der Waals surface area contributed by atoms with Crippen molar-refractivity contribution in [2.75, 3.05) is 0 Å². The zero-order valence-corrected chi connectivity index (χ0v) is 27.9. The van der Waals surface area contributed by atoms with Crippen LogP contribution in [0.15, 0.2) is 0 Å². The molecule has 0 amide bonds. The van der Waals surface area contributed by atoms with E-state index in [9.17, 15) is 0 Å². The maximum atomic E-state index is 8.49. The molecule has 0 atom stereocenters. The van der Waals surface area contributed by atoms with Crippen LogP contribution in [0.3, 0.4) is 0 Å². The molecule has 0 aliphatic heterocycles. The van der Waals surface area contributed by atoms with E-state index in [2.05, 4.69) is 77.2 Å². The second-order valence-corrected chi connectivity index (χ2v) is 30.0. The number of rotatable bonds is 0. The van der Waals surface area contributed by atoms with E-state index in [1.165, 1.54) is 0 Å². The third-order valence-electron chi connectivity index (χ3n) is 0. The summed E-state index contributed by atoms with van der Waals surface area (Å²) in [5.41, 5.74) is 0. The molecule has 1 radical (unpaired) electrons.